The van der Waals surface area contributed by atoms with Gasteiger partial charge >= 0.3 is 0 Å². The molecule has 0 heterocycles. The van der Waals surface area contributed by atoms with Crippen LogP contribution in [0, 0.1) is 5.92 Å². The summed E-state index contributed by atoms with van der Waals surface area (Å²) in [6, 6.07) is 6.85. The van der Waals surface area contributed by atoms with Crippen LogP contribution in [0.1, 0.15) is 27.2 Å². The zero-order chi connectivity index (χ0) is 17.5. The maximum atomic E-state index is 12.3. The number of carbonyl (C=O) groups excluding carboxylic acids is 1. The number of rotatable bonds is 9. The lowest BCUT2D eigenvalue weighted by molar-refractivity contribution is -0.120. The zero-order valence-electron chi connectivity index (χ0n) is 14.3. The molecule has 5 nitrogen and oxygen atoms in total. The molecule has 0 saturated heterocycles. The molecule has 8 heteroatoms. The van der Waals surface area contributed by atoms with Gasteiger partial charge in [0.25, 0.3) is 0 Å². The summed E-state index contributed by atoms with van der Waals surface area (Å²) in [6.07, 6.45) is 0.564. The molecule has 1 aromatic rings. The van der Waals surface area contributed by atoms with Crippen LogP contribution in [-0.4, -0.2) is 38.4 Å². The van der Waals surface area contributed by atoms with E-state index < -0.39 is 9.84 Å². The summed E-state index contributed by atoms with van der Waals surface area (Å²) < 4.78 is 24.7. The fourth-order valence-corrected chi connectivity index (χ4v) is 4.78. The smallest absolute Gasteiger partial charge is 0.233 e. The van der Waals surface area contributed by atoms with Gasteiger partial charge in [-0.25, -0.2) is 8.42 Å². The molecular weight excluding hydrogens is 368 g/mol. The Bertz CT molecular complexity index is 624. The van der Waals surface area contributed by atoms with Crippen molar-refractivity contribution >= 4 is 39.9 Å². The van der Waals surface area contributed by atoms with E-state index in [4.69, 9.17) is 5.73 Å². The molecule has 2 atom stereocenters. The number of amides is 1. The quantitative estimate of drug-likeness (QED) is 0.628. The van der Waals surface area contributed by atoms with Crippen LogP contribution in [0.3, 0.4) is 0 Å². The van der Waals surface area contributed by atoms with Gasteiger partial charge in [-0.15, -0.1) is 24.2 Å². The molecule has 0 saturated carbocycles. The molecule has 24 heavy (non-hydrogen) atoms. The van der Waals surface area contributed by atoms with Gasteiger partial charge in [0.2, 0.25) is 5.91 Å². The SMILES string of the molecule is CCCS(=O)(=O)c1ccccc1SC(C)C(=O)NCC(C)CN.Cl. The standard InChI is InChI=1S/C16H26N2O3S2.ClH/c1-4-9-23(20,21)15-8-6-5-7-14(15)22-13(3)16(19)18-11-12(2)10-17;/h5-8,12-13H,4,9-11,17H2,1-3H3,(H,18,19);1H. The molecule has 0 spiro atoms. The predicted molar refractivity (Wildman–Crippen MR) is 103 cm³/mol. The summed E-state index contributed by atoms with van der Waals surface area (Å²) in [7, 11) is -3.31. The second-order valence-electron chi connectivity index (χ2n) is 5.61. The maximum Gasteiger partial charge on any atom is 0.233 e. The highest BCUT2D eigenvalue weighted by Gasteiger charge is 2.21. The molecule has 138 valence electrons. The number of sulfone groups is 1. The molecule has 0 aliphatic heterocycles. The molecule has 1 rings (SSSR count). The Morgan fingerprint density at radius 2 is 1.92 bits per heavy atom. The molecule has 0 aromatic heterocycles. The lowest BCUT2D eigenvalue weighted by Crippen LogP contribution is -2.35. The number of nitrogens with one attached hydrogen (secondary N) is 1. The molecule has 0 aliphatic carbocycles. The van der Waals surface area contributed by atoms with Gasteiger partial charge in [0, 0.05) is 11.4 Å². The average Bonchev–Trinajstić information content (AvgIpc) is 2.52. The van der Waals surface area contributed by atoms with Crippen molar-refractivity contribution in [3.8, 4) is 0 Å². The molecule has 0 bridgehead atoms. The van der Waals surface area contributed by atoms with Gasteiger partial charge in [0.15, 0.2) is 9.84 Å². The monoisotopic (exact) mass is 394 g/mol. The normalized spacial score (nSPS) is 13.7. The van der Waals surface area contributed by atoms with Crippen molar-refractivity contribution in [2.75, 3.05) is 18.8 Å². The van der Waals surface area contributed by atoms with Crippen LogP contribution in [0.15, 0.2) is 34.1 Å². The van der Waals surface area contributed by atoms with Crippen molar-refractivity contribution in [3.05, 3.63) is 24.3 Å². The minimum atomic E-state index is -3.31. The third kappa shape index (κ3) is 7.01. The van der Waals surface area contributed by atoms with E-state index >= 15 is 0 Å². The number of carbonyl (C=O) groups is 1. The molecule has 0 radical (unpaired) electrons. The summed E-state index contributed by atoms with van der Waals surface area (Å²) in [6.45, 7) is 6.61. The average molecular weight is 395 g/mol. The van der Waals surface area contributed by atoms with Crippen LogP contribution in [0.2, 0.25) is 0 Å². The van der Waals surface area contributed by atoms with Crippen molar-refractivity contribution in [2.24, 2.45) is 11.7 Å². The topological polar surface area (TPSA) is 89.3 Å². The number of halogens is 1. The Hall–Kier alpha value is -0.760. The van der Waals surface area contributed by atoms with Gasteiger partial charge in [0.1, 0.15) is 0 Å². The number of thioether (sulfide) groups is 1. The number of hydrogen-bond donors (Lipinski definition) is 2. The van der Waals surface area contributed by atoms with E-state index in [1.807, 2.05) is 13.8 Å². The molecule has 2 unspecified atom stereocenters. The fraction of sp³-hybridized carbons (Fsp3) is 0.562. The Morgan fingerprint density at radius 3 is 2.50 bits per heavy atom. The Kier molecular flexibility index (Phi) is 10.6. The summed E-state index contributed by atoms with van der Waals surface area (Å²) in [5.41, 5.74) is 5.53. The first kappa shape index (κ1) is 23.2. The number of hydrogen-bond acceptors (Lipinski definition) is 5. The van der Waals surface area contributed by atoms with Crippen LogP contribution < -0.4 is 11.1 Å². The van der Waals surface area contributed by atoms with E-state index in [1.165, 1.54) is 11.8 Å². The zero-order valence-corrected chi connectivity index (χ0v) is 16.8. The Labute approximate surface area is 155 Å². The van der Waals surface area contributed by atoms with E-state index in [0.717, 1.165) is 0 Å². The highest BCUT2D eigenvalue weighted by molar-refractivity contribution is 8.01. The van der Waals surface area contributed by atoms with E-state index in [0.29, 0.717) is 29.3 Å². The predicted octanol–water partition coefficient (Wildman–Crippen LogP) is 2.48. The third-order valence-electron chi connectivity index (χ3n) is 3.36. The van der Waals surface area contributed by atoms with Crippen molar-refractivity contribution in [3.63, 3.8) is 0 Å². The summed E-state index contributed by atoms with van der Waals surface area (Å²) >= 11 is 1.27. The Balaban J connectivity index is 0.00000529. The van der Waals surface area contributed by atoms with Crippen LogP contribution in [0.25, 0.3) is 0 Å². The minimum absolute atomic E-state index is 0. The number of benzene rings is 1. The lowest BCUT2D eigenvalue weighted by atomic mass is 10.2. The summed E-state index contributed by atoms with van der Waals surface area (Å²) in [4.78, 5) is 13.1. The Morgan fingerprint density at radius 1 is 1.29 bits per heavy atom. The largest absolute Gasteiger partial charge is 0.355 e. The first-order chi connectivity index (χ1) is 10.8. The maximum absolute atomic E-state index is 12.3. The van der Waals surface area contributed by atoms with Crippen LogP contribution in [-0.2, 0) is 14.6 Å². The molecular formula is C16H27ClN2O3S2. The van der Waals surface area contributed by atoms with Gasteiger partial charge in [-0.05, 0) is 37.9 Å². The summed E-state index contributed by atoms with van der Waals surface area (Å²) in [5, 5.41) is 2.47. The van der Waals surface area contributed by atoms with Gasteiger partial charge in [-0.2, -0.15) is 0 Å². The van der Waals surface area contributed by atoms with Gasteiger partial charge in [-0.3, -0.25) is 4.79 Å². The molecule has 0 fully saturated rings. The van der Waals surface area contributed by atoms with Crippen molar-refractivity contribution in [1.29, 1.82) is 0 Å². The second kappa shape index (κ2) is 11.0. The van der Waals surface area contributed by atoms with Gasteiger partial charge < -0.3 is 11.1 Å². The first-order valence-electron chi connectivity index (χ1n) is 7.78. The van der Waals surface area contributed by atoms with Gasteiger partial charge in [0.05, 0.1) is 15.9 Å². The summed E-state index contributed by atoms with van der Waals surface area (Å²) in [5.74, 6) is 0.213. The van der Waals surface area contributed by atoms with Crippen molar-refractivity contribution in [1.82, 2.24) is 5.32 Å². The van der Waals surface area contributed by atoms with E-state index in [9.17, 15) is 13.2 Å². The van der Waals surface area contributed by atoms with Crippen LogP contribution in [0.4, 0.5) is 0 Å². The molecule has 1 amide bonds. The molecule has 0 aliphatic rings. The van der Waals surface area contributed by atoms with Crippen LogP contribution in [0.5, 0.6) is 0 Å². The van der Waals surface area contributed by atoms with E-state index in [2.05, 4.69) is 5.32 Å². The van der Waals surface area contributed by atoms with Crippen molar-refractivity contribution < 1.29 is 13.2 Å². The van der Waals surface area contributed by atoms with Crippen LogP contribution >= 0.6 is 24.2 Å². The van der Waals surface area contributed by atoms with Crippen molar-refractivity contribution in [2.45, 2.75) is 42.2 Å². The third-order valence-corrected chi connectivity index (χ3v) is 6.64. The highest BCUT2D eigenvalue weighted by Crippen LogP contribution is 2.30. The minimum Gasteiger partial charge on any atom is -0.355 e. The van der Waals surface area contributed by atoms with Gasteiger partial charge in [-0.1, -0.05) is 26.0 Å². The second-order valence-corrected chi connectivity index (χ2v) is 9.07. The number of nitrogens with two attached hydrogens (primary N) is 1. The molecule has 3 N–H and O–H groups in total. The highest BCUT2D eigenvalue weighted by atomic mass is 35.5. The first-order valence-corrected chi connectivity index (χ1v) is 10.3. The molecule has 1 aromatic carbocycles. The van der Waals surface area contributed by atoms with E-state index in [-0.39, 0.29) is 35.2 Å². The van der Waals surface area contributed by atoms with E-state index in [1.54, 1.807) is 31.2 Å². The fourth-order valence-electron chi connectivity index (χ4n) is 1.93. The lowest BCUT2D eigenvalue weighted by Gasteiger charge is -2.16.